The van der Waals surface area contributed by atoms with Crippen molar-refractivity contribution in [3.63, 3.8) is 0 Å². The van der Waals surface area contributed by atoms with E-state index in [4.69, 9.17) is 4.74 Å². The highest BCUT2D eigenvalue weighted by Gasteiger charge is 2.33. The lowest BCUT2D eigenvalue weighted by Gasteiger charge is -2.22. The van der Waals surface area contributed by atoms with Gasteiger partial charge in [0.2, 0.25) is 5.91 Å². The average Bonchev–Trinajstić information content (AvgIpc) is 2.66. The van der Waals surface area contributed by atoms with Gasteiger partial charge in [-0.25, -0.2) is 0 Å². The topological polar surface area (TPSA) is 49.9 Å². The number of carbonyl (C=O) groups excluding carboxylic acids is 2. The van der Waals surface area contributed by atoms with Gasteiger partial charge in [0.15, 0.2) is 0 Å². The minimum absolute atomic E-state index is 0.0482. The first-order chi connectivity index (χ1) is 9.10. The summed E-state index contributed by atoms with van der Waals surface area (Å²) in [6.45, 7) is 9.17. The Bertz CT molecular complexity index is 361. The van der Waals surface area contributed by atoms with Gasteiger partial charge in [-0.2, -0.15) is 0 Å². The van der Waals surface area contributed by atoms with E-state index in [1.165, 1.54) is 0 Å². The molecule has 1 aliphatic rings. The Hall–Kier alpha value is -1.10. The molecule has 1 rings (SSSR count). The van der Waals surface area contributed by atoms with Gasteiger partial charge in [-0.05, 0) is 40.8 Å². The van der Waals surface area contributed by atoms with Crippen LogP contribution in [0.4, 0.5) is 0 Å². The first-order valence-electron chi connectivity index (χ1n) is 7.26. The molecular formula is C15H28N2O3. The number of nitrogens with zero attached hydrogens (tertiary/aromatic N) is 2. The van der Waals surface area contributed by atoms with Gasteiger partial charge < -0.3 is 14.5 Å². The molecule has 116 valence electrons. The highest BCUT2D eigenvalue weighted by molar-refractivity contribution is 5.81. The van der Waals surface area contributed by atoms with Crippen LogP contribution in [0.25, 0.3) is 0 Å². The molecule has 0 N–H and O–H groups in total. The number of rotatable bonds is 4. The van der Waals surface area contributed by atoms with Crippen LogP contribution in [0.1, 0.15) is 40.5 Å². The lowest BCUT2D eigenvalue weighted by molar-refractivity contribution is -0.156. The van der Waals surface area contributed by atoms with Crippen LogP contribution in [0.5, 0.6) is 0 Å². The van der Waals surface area contributed by atoms with Crippen molar-refractivity contribution in [3.05, 3.63) is 0 Å². The molecule has 0 aromatic rings. The Labute approximate surface area is 122 Å². The normalized spacial score (nSPS) is 23.2. The number of likely N-dealkylation sites (N-methyl/N-ethyl adjacent to an activating group) is 1. The quantitative estimate of drug-likeness (QED) is 0.734. The summed E-state index contributed by atoms with van der Waals surface area (Å²) in [5, 5.41) is 0. The van der Waals surface area contributed by atoms with Gasteiger partial charge in [-0.1, -0.05) is 6.92 Å². The van der Waals surface area contributed by atoms with E-state index in [0.29, 0.717) is 12.0 Å². The third-order valence-electron chi connectivity index (χ3n) is 3.55. The van der Waals surface area contributed by atoms with Gasteiger partial charge in [0.25, 0.3) is 0 Å². The summed E-state index contributed by atoms with van der Waals surface area (Å²) >= 11 is 0. The van der Waals surface area contributed by atoms with Crippen LogP contribution in [0.15, 0.2) is 0 Å². The largest absolute Gasteiger partial charge is 0.460 e. The maximum Gasteiger partial charge on any atom is 0.306 e. The number of ether oxygens (including phenoxy) is 1. The summed E-state index contributed by atoms with van der Waals surface area (Å²) in [6.07, 6.45) is 0.398. The molecule has 0 radical (unpaired) electrons. The van der Waals surface area contributed by atoms with Crippen molar-refractivity contribution < 1.29 is 14.3 Å². The van der Waals surface area contributed by atoms with E-state index in [9.17, 15) is 9.59 Å². The summed E-state index contributed by atoms with van der Waals surface area (Å²) in [5.74, 6) is 0.213. The van der Waals surface area contributed by atoms with Gasteiger partial charge in [-0.15, -0.1) is 0 Å². The smallest absolute Gasteiger partial charge is 0.306 e. The summed E-state index contributed by atoms with van der Waals surface area (Å²) in [4.78, 5) is 27.8. The average molecular weight is 284 g/mol. The molecule has 2 unspecified atom stereocenters. The fourth-order valence-corrected chi connectivity index (χ4v) is 2.59. The van der Waals surface area contributed by atoms with Crippen LogP contribution in [0, 0.1) is 5.92 Å². The number of esters is 1. The second kappa shape index (κ2) is 6.57. The molecule has 2 atom stereocenters. The molecule has 0 spiro atoms. The van der Waals surface area contributed by atoms with E-state index in [-0.39, 0.29) is 24.7 Å². The fourth-order valence-electron chi connectivity index (χ4n) is 2.59. The number of hydrogen-bond acceptors (Lipinski definition) is 4. The predicted molar refractivity (Wildman–Crippen MR) is 78.3 cm³/mol. The van der Waals surface area contributed by atoms with Crippen LogP contribution in [0.2, 0.25) is 0 Å². The van der Waals surface area contributed by atoms with Gasteiger partial charge in [0.1, 0.15) is 5.60 Å². The molecule has 0 saturated carbocycles. The second-order valence-electron chi connectivity index (χ2n) is 6.89. The zero-order valence-electron chi connectivity index (χ0n) is 13.6. The van der Waals surface area contributed by atoms with E-state index in [2.05, 4.69) is 11.8 Å². The van der Waals surface area contributed by atoms with Crippen molar-refractivity contribution in [1.82, 2.24) is 9.80 Å². The van der Waals surface area contributed by atoms with E-state index in [1.54, 1.807) is 0 Å². The van der Waals surface area contributed by atoms with E-state index < -0.39 is 5.60 Å². The maximum atomic E-state index is 12.1. The molecule has 1 aliphatic heterocycles. The zero-order valence-corrected chi connectivity index (χ0v) is 13.6. The SMILES string of the molecule is CC1CN(C(=O)CCC(=O)OC(C)(C)C)CC1N(C)C. The number of hydrogen-bond donors (Lipinski definition) is 0. The molecule has 0 aromatic carbocycles. The highest BCUT2D eigenvalue weighted by Crippen LogP contribution is 2.21. The number of carbonyl (C=O) groups is 2. The molecule has 20 heavy (non-hydrogen) atoms. The molecule has 1 amide bonds. The van der Waals surface area contributed by atoms with Crippen molar-refractivity contribution in [2.75, 3.05) is 27.2 Å². The molecule has 1 heterocycles. The predicted octanol–water partition coefficient (Wildman–Crippen LogP) is 1.52. The summed E-state index contributed by atoms with van der Waals surface area (Å²) in [5.41, 5.74) is -0.488. The third-order valence-corrected chi connectivity index (χ3v) is 3.55. The lowest BCUT2D eigenvalue weighted by Crippen LogP contribution is -2.36. The van der Waals surface area contributed by atoms with Gasteiger partial charge in [-0.3, -0.25) is 9.59 Å². The van der Waals surface area contributed by atoms with Crippen LogP contribution >= 0.6 is 0 Å². The minimum Gasteiger partial charge on any atom is -0.460 e. The maximum absolute atomic E-state index is 12.1. The monoisotopic (exact) mass is 284 g/mol. The Balaban J connectivity index is 2.39. The van der Waals surface area contributed by atoms with Crippen LogP contribution < -0.4 is 0 Å². The number of amides is 1. The molecule has 1 saturated heterocycles. The van der Waals surface area contributed by atoms with Gasteiger partial charge >= 0.3 is 5.97 Å². The van der Waals surface area contributed by atoms with Gasteiger partial charge in [0.05, 0.1) is 6.42 Å². The standard InChI is InChI=1S/C15H28N2O3/c1-11-9-17(10-12(11)16(5)6)13(18)7-8-14(19)20-15(2,3)4/h11-12H,7-10H2,1-6H3. The lowest BCUT2D eigenvalue weighted by atomic mass is 10.1. The fraction of sp³-hybridized carbons (Fsp3) is 0.867. The molecule has 0 aromatic heterocycles. The Morgan fingerprint density at radius 3 is 2.25 bits per heavy atom. The van der Waals surface area contributed by atoms with Crippen LogP contribution in [-0.2, 0) is 14.3 Å². The molecule has 5 heteroatoms. The molecule has 5 nitrogen and oxygen atoms in total. The Morgan fingerprint density at radius 2 is 1.80 bits per heavy atom. The van der Waals surface area contributed by atoms with E-state index in [0.717, 1.165) is 13.1 Å². The number of likely N-dealkylation sites (tertiary alicyclic amines) is 1. The molecule has 0 aliphatic carbocycles. The highest BCUT2D eigenvalue weighted by atomic mass is 16.6. The van der Waals surface area contributed by atoms with E-state index >= 15 is 0 Å². The summed E-state index contributed by atoms with van der Waals surface area (Å²) in [6, 6.07) is 0.403. The van der Waals surface area contributed by atoms with Crippen molar-refractivity contribution in [2.45, 2.75) is 52.2 Å². The van der Waals surface area contributed by atoms with Crippen LogP contribution in [0.3, 0.4) is 0 Å². The van der Waals surface area contributed by atoms with Gasteiger partial charge in [0, 0.05) is 25.6 Å². The zero-order chi connectivity index (χ0) is 15.5. The first-order valence-corrected chi connectivity index (χ1v) is 7.26. The van der Waals surface area contributed by atoms with Crippen molar-refractivity contribution in [2.24, 2.45) is 5.92 Å². The minimum atomic E-state index is -0.488. The Kier molecular flexibility index (Phi) is 5.57. The summed E-state index contributed by atoms with van der Waals surface area (Å²) in [7, 11) is 4.08. The summed E-state index contributed by atoms with van der Waals surface area (Å²) < 4.78 is 5.21. The van der Waals surface area contributed by atoms with E-state index in [1.807, 2.05) is 39.8 Å². The third kappa shape index (κ3) is 5.12. The second-order valence-corrected chi connectivity index (χ2v) is 6.89. The Morgan fingerprint density at radius 1 is 1.20 bits per heavy atom. The van der Waals surface area contributed by atoms with Crippen molar-refractivity contribution >= 4 is 11.9 Å². The van der Waals surface area contributed by atoms with Crippen LogP contribution in [-0.4, -0.2) is 60.5 Å². The molecular weight excluding hydrogens is 256 g/mol. The van der Waals surface area contributed by atoms with Crippen molar-refractivity contribution in [3.8, 4) is 0 Å². The molecule has 1 fully saturated rings. The van der Waals surface area contributed by atoms with Crippen molar-refractivity contribution in [1.29, 1.82) is 0 Å². The first kappa shape index (κ1) is 17.0. The molecule has 0 bridgehead atoms.